The fourth-order valence-corrected chi connectivity index (χ4v) is 3.31. The molecule has 0 heterocycles. The second-order valence-corrected chi connectivity index (χ2v) is 6.45. The second kappa shape index (κ2) is 7.08. The van der Waals surface area contributed by atoms with E-state index < -0.39 is 11.9 Å². The maximum atomic E-state index is 11.6. The molecule has 6 heteroatoms. The van der Waals surface area contributed by atoms with Crippen LogP contribution in [0.25, 0.3) is 22.3 Å². The monoisotopic (exact) mass is 378 g/mol. The second-order valence-electron chi connectivity index (χ2n) is 6.45. The largest absolute Gasteiger partial charge is 0.508 e. The number of benzene rings is 3. The lowest BCUT2D eigenvalue weighted by Gasteiger charge is -2.14. The highest BCUT2D eigenvalue weighted by atomic mass is 16.4. The standard InChI is InChI=1S/C22H18O6/c1-11-17(23)9-7-15(21(25)26)19(11)13-3-5-14(6-4-13)20-12(2)18(24)10-8-16(20)22(27)28/h3-10,23-24H,1-2H3,(H,25,26)(H,27,28). The predicted molar refractivity (Wildman–Crippen MR) is 104 cm³/mol. The predicted octanol–water partition coefficient (Wildman–Crippen LogP) is 4.45. The van der Waals surface area contributed by atoms with Gasteiger partial charge in [0.25, 0.3) is 0 Å². The molecule has 4 N–H and O–H groups in total. The summed E-state index contributed by atoms with van der Waals surface area (Å²) in [6.45, 7) is 3.26. The molecule has 0 spiro atoms. The Balaban J connectivity index is 2.18. The van der Waals surface area contributed by atoms with Gasteiger partial charge < -0.3 is 20.4 Å². The number of hydrogen-bond donors (Lipinski definition) is 4. The van der Waals surface area contributed by atoms with Crippen molar-refractivity contribution in [3.05, 3.63) is 70.8 Å². The van der Waals surface area contributed by atoms with Crippen molar-refractivity contribution < 1.29 is 30.0 Å². The van der Waals surface area contributed by atoms with Gasteiger partial charge in [0, 0.05) is 11.1 Å². The summed E-state index contributed by atoms with van der Waals surface area (Å²) in [6.07, 6.45) is 0. The smallest absolute Gasteiger partial charge is 0.336 e. The van der Waals surface area contributed by atoms with E-state index in [-0.39, 0.29) is 22.6 Å². The summed E-state index contributed by atoms with van der Waals surface area (Å²) >= 11 is 0. The number of phenolic OH excluding ortho intramolecular Hbond substituents is 2. The number of rotatable bonds is 4. The van der Waals surface area contributed by atoms with Crippen LogP contribution in [0.15, 0.2) is 48.5 Å². The quantitative estimate of drug-likeness (QED) is 0.533. The highest BCUT2D eigenvalue weighted by molar-refractivity contribution is 5.99. The maximum absolute atomic E-state index is 11.6. The van der Waals surface area contributed by atoms with E-state index in [1.54, 1.807) is 38.1 Å². The lowest BCUT2D eigenvalue weighted by Crippen LogP contribution is -2.02. The Bertz CT molecular complexity index is 1010. The van der Waals surface area contributed by atoms with Crippen molar-refractivity contribution in [2.45, 2.75) is 13.8 Å². The molecule has 142 valence electrons. The lowest BCUT2D eigenvalue weighted by atomic mass is 9.90. The van der Waals surface area contributed by atoms with Crippen molar-refractivity contribution in [2.75, 3.05) is 0 Å². The summed E-state index contributed by atoms with van der Waals surface area (Å²) in [7, 11) is 0. The van der Waals surface area contributed by atoms with Crippen molar-refractivity contribution >= 4 is 11.9 Å². The van der Waals surface area contributed by atoms with E-state index in [1.807, 2.05) is 0 Å². The molecule has 0 aromatic heterocycles. The molecule has 0 atom stereocenters. The van der Waals surface area contributed by atoms with Gasteiger partial charge in [-0.25, -0.2) is 9.59 Å². The molecular weight excluding hydrogens is 360 g/mol. The van der Waals surface area contributed by atoms with Crippen molar-refractivity contribution in [2.24, 2.45) is 0 Å². The van der Waals surface area contributed by atoms with Gasteiger partial charge >= 0.3 is 11.9 Å². The highest BCUT2D eigenvalue weighted by Gasteiger charge is 2.19. The Morgan fingerprint density at radius 3 is 1.21 bits per heavy atom. The summed E-state index contributed by atoms with van der Waals surface area (Å²) in [5, 5.41) is 38.9. The van der Waals surface area contributed by atoms with Gasteiger partial charge in [0.15, 0.2) is 0 Å². The van der Waals surface area contributed by atoms with Gasteiger partial charge in [-0.2, -0.15) is 0 Å². The average Bonchev–Trinajstić information content (AvgIpc) is 2.65. The summed E-state index contributed by atoms with van der Waals surface area (Å²) in [5.41, 5.74) is 2.93. The zero-order chi connectivity index (χ0) is 20.6. The summed E-state index contributed by atoms with van der Waals surface area (Å²) in [6, 6.07) is 12.0. The Kier molecular flexibility index (Phi) is 4.79. The first-order valence-electron chi connectivity index (χ1n) is 8.45. The highest BCUT2D eigenvalue weighted by Crippen LogP contribution is 2.37. The third kappa shape index (κ3) is 3.16. The first-order chi connectivity index (χ1) is 13.2. The van der Waals surface area contributed by atoms with Gasteiger partial charge in [0.05, 0.1) is 11.1 Å². The van der Waals surface area contributed by atoms with E-state index in [4.69, 9.17) is 0 Å². The van der Waals surface area contributed by atoms with Gasteiger partial charge in [0.1, 0.15) is 11.5 Å². The number of aromatic hydroxyl groups is 2. The van der Waals surface area contributed by atoms with E-state index in [2.05, 4.69) is 0 Å². The molecule has 6 nitrogen and oxygen atoms in total. The van der Waals surface area contributed by atoms with E-state index in [0.29, 0.717) is 33.4 Å². The van der Waals surface area contributed by atoms with Crippen LogP contribution in [0.3, 0.4) is 0 Å². The molecule has 0 aliphatic heterocycles. The van der Waals surface area contributed by atoms with Crippen molar-refractivity contribution in [3.63, 3.8) is 0 Å². The number of carboxylic acids is 2. The van der Waals surface area contributed by atoms with Gasteiger partial charge in [0.2, 0.25) is 0 Å². The first-order valence-corrected chi connectivity index (χ1v) is 8.45. The molecule has 28 heavy (non-hydrogen) atoms. The maximum Gasteiger partial charge on any atom is 0.336 e. The molecule has 0 amide bonds. The zero-order valence-electron chi connectivity index (χ0n) is 15.2. The molecule has 0 saturated heterocycles. The van der Waals surface area contributed by atoms with Crippen LogP contribution in [0, 0.1) is 13.8 Å². The van der Waals surface area contributed by atoms with E-state index >= 15 is 0 Å². The number of carboxylic acid groups (broad SMARTS) is 2. The van der Waals surface area contributed by atoms with Crippen LogP contribution in [0.4, 0.5) is 0 Å². The number of phenols is 2. The van der Waals surface area contributed by atoms with E-state index in [9.17, 15) is 30.0 Å². The topological polar surface area (TPSA) is 115 Å². The average molecular weight is 378 g/mol. The minimum atomic E-state index is -1.11. The van der Waals surface area contributed by atoms with Crippen LogP contribution in [0.1, 0.15) is 31.8 Å². The Morgan fingerprint density at radius 1 is 0.607 bits per heavy atom. The minimum Gasteiger partial charge on any atom is -0.508 e. The number of aromatic carboxylic acids is 2. The van der Waals surface area contributed by atoms with Crippen LogP contribution < -0.4 is 0 Å². The molecule has 0 fully saturated rings. The molecule has 3 aromatic rings. The van der Waals surface area contributed by atoms with Crippen LogP contribution in [0.2, 0.25) is 0 Å². The lowest BCUT2D eigenvalue weighted by molar-refractivity contribution is 0.0686. The fourth-order valence-electron chi connectivity index (χ4n) is 3.31. The Morgan fingerprint density at radius 2 is 0.929 bits per heavy atom. The van der Waals surface area contributed by atoms with Crippen LogP contribution >= 0.6 is 0 Å². The zero-order valence-corrected chi connectivity index (χ0v) is 15.2. The fraction of sp³-hybridized carbons (Fsp3) is 0.0909. The Hall–Kier alpha value is -3.80. The number of hydrogen-bond acceptors (Lipinski definition) is 4. The van der Waals surface area contributed by atoms with Crippen molar-refractivity contribution in [1.82, 2.24) is 0 Å². The van der Waals surface area contributed by atoms with E-state index in [0.717, 1.165) is 0 Å². The summed E-state index contributed by atoms with van der Waals surface area (Å²) in [5.74, 6) is -2.25. The molecule has 0 bridgehead atoms. The van der Waals surface area contributed by atoms with Gasteiger partial charge in [-0.3, -0.25) is 0 Å². The number of carbonyl (C=O) groups is 2. The normalized spacial score (nSPS) is 10.6. The van der Waals surface area contributed by atoms with Crippen molar-refractivity contribution in [3.8, 4) is 33.8 Å². The third-order valence-electron chi connectivity index (χ3n) is 4.80. The molecule has 0 aliphatic rings. The van der Waals surface area contributed by atoms with Crippen LogP contribution in [0.5, 0.6) is 11.5 Å². The van der Waals surface area contributed by atoms with Gasteiger partial charge in [-0.1, -0.05) is 24.3 Å². The Labute approximate surface area is 161 Å². The molecule has 0 aliphatic carbocycles. The summed E-state index contributed by atoms with van der Waals surface area (Å²) in [4.78, 5) is 23.1. The molecular formula is C22H18O6. The first kappa shape index (κ1) is 19.0. The molecule has 3 aromatic carbocycles. The third-order valence-corrected chi connectivity index (χ3v) is 4.80. The molecule has 0 radical (unpaired) electrons. The minimum absolute atomic E-state index is 0.0129. The SMILES string of the molecule is Cc1c(O)ccc(C(=O)O)c1-c1ccc(-c2c(C(=O)O)ccc(O)c2C)cc1. The molecule has 0 saturated carbocycles. The van der Waals surface area contributed by atoms with Gasteiger partial charge in [-0.15, -0.1) is 0 Å². The molecule has 3 rings (SSSR count). The van der Waals surface area contributed by atoms with Gasteiger partial charge in [-0.05, 0) is 60.4 Å². The van der Waals surface area contributed by atoms with Crippen LogP contribution in [-0.2, 0) is 0 Å². The van der Waals surface area contributed by atoms with E-state index in [1.165, 1.54) is 24.3 Å². The summed E-state index contributed by atoms with van der Waals surface area (Å²) < 4.78 is 0. The van der Waals surface area contributed by atoms with Crippen molar-refractivity contribution in [1.29, 1.82) is 0 Å². The van der Waals surface area contributed by atoms with Crippen LogP contribution in [-0.4, -0.2) is 32.4 Å². The molecule has 0 unspecified atom stereocenters.